The Balaban J connectivity index is 2.11. The Morgan fingerprint density at radius 2 is 2.21 bits per heavy atom. The van der Waals surface area contributed by atoms with E-state index < -0.39 is 0 Å². The molecule has 0 amide bonds. The van der Waals surface area contributed by atoms with Crippen molar-refractivity contribution >= 4 is 0 Å². The molecule has 0 saturated carbocycles. The minimum Gasteiger partial charge on any atom is -0.493 e. The number of hydrogen-bond donors (Lipinski definition) is 1. The van der Waals surface area contributed by atoms with Crippen molar-refractivity contribution in [1.29, 1.82) is 0 Å². The zero-order valence-corrected chi connectivity index (χ0v) is 11.9. The molecule has 2 rings (SSSR count). The van der Waals surface area contributed by atoms with Crippen LogP contribution in [0.1, 0.15) is 19.0 Å². The Morgan fingerprint density at radius 3 is 2.84 bits per heavy atom. The number of aromatic nitrogens is 1. The average molecular weight is 265 g/mol. The first-order valence-corrected chi connectivity index (χ1v) is 6.69. The third-order valence-electron chi connectivity index (χ3n) is 3.80. The molecule has 0 aromatic carbocycles. The first-order chi connectivity index (χ1) is 9.15. The summed E-state index contributed by atoms with van der Waals surface area (Å²) in [5.74, 6) is 1.98. The van der Waals surface area contributed by atoms with Crippen LogP contribution in [-0.4, -0.2) is 43.2 Å². The molecule has 2 N–H and O–H groups in total. The highest BCUT2D eigenvalue weighted by Gasteiger charge is 2.24. The maximum Gasteiger partial charge on any atom is 0.183 e. The highest BCUT2D eigenvalue weighted by atomic mass is 16.5. The number of pyridine rings is 1. The molecule has 0 spiro atoms. The Labute approximate surface area is 114 Å². The van der Waals surface area contributed by atoms with Crippen LogP contribution in [-0.2, 0) is 6.54 Å². The zero-order chi connectivity index (χ0) is 13.8. The third-order valence-corrected chi connectivity index (χ3v) is 3.80. The number of ether oxygens (including phenoxy) is 2. The maximum absolute atomic E-state index is 6.05. The van der Waals surface area contributed by atoms with Crippen LogP contribution < -0.4 is 15.2 Å². The van der Waals surface area contributed by atoms with Crippen LogP contribution >= 0.6 is 0 Å². The van der Waals surface area contributed by atoms with Gasteiger partial charge in [0.1, 0.15) is 5.69 Å². The second kappa shape index (κ2) is 6.21. The van der Waals surface area contributed by atoms with E-state index in [2.05, 4.69) is 16.8 Å². The molecule has 106 valence electrons. The van der Waals surface area contributed by atoms with Crippen LogP contribution in [0.5, 0.6) is 11.5 Å². The lowest BCUT2D eigenvalue weighted by Gasteiger charge is -2.35. The molecule has 2 unspecified atom stereocenters. The minimum atomic E-state index is 0.316. The molecule has 1 saturated heterocycles. The largest absolute Gasteiger partial charge is 0.493 e. The summed E-state index contributed by atoms with van der Waals surface area (Å²) in [7, 11) is 3.29. The minimum absolute atomic E-state index is 0.316. The predicted octanol–water partition coefficient (Wildman–Crippen LogP) is 1.27. The van der Waals surface area contributed by atoms with Crippen molar-refractivity contribution < 1.29 is 9.47 Å². The lowest BCUT2D eigenvalue weighted by atomic mass is 9.95. The number of piperidine rings is 1. The number of hydrogen-bond acceptors (Lipinski definition) is 5. The second-order valence-electron chi connectivity index (χ2n) is 5.16. The monoisotopic (exact) mass is 265 g/mol. The zero-order valence-electron chi connectivity index (χ0n) is 11.9. The van der Waals surface area contributed by atoms with Crippen LogP contribution in [0.2, 0.25) is 0 Å². The molecule has 1 aliphatic rings. The van der Waals surface area contributed by atoms with Gasteiger partial charge in [0.2, 0.25) is 0 Å². The van der Waals surface area contributed by atoms with Gasteiger partial charge in [-0.3, -0.25) is 9.88 Å². The predicted molar refractivity (Wildman–Crippen MR) is 74.4 cm³/mol. The van der Waals surface area contributed by atoms with Gasteiger partial charge in [-0.25, -0.2) is 0 Å². The first kappa shape index (κ1) is 14.1. The normalized spacial score (nSPS) is 24.2. The summed E-state index contributed by atoms with van der Waals surface area (Å²) in [6, 6.07) is 2.13. The van der Waals surface area contributed by atoms with E-state index in [1.807, 2.05) is 6.07 Å². The fraction of sp³-hybridized carbons (Fsp3) is 0.643. The van der Waals surface area contributed by atoms with E-state index in [1.165, 1.54) is 0 Å². The van der Waals surface area contributed by atoms with Gasteiger partial charge in [-0.2, -0.15) is 0 Å². The summed E-state index contributed by atoms with van der Waals surface area (Å²) in [5, 5.41) is 0. The van der Waals surface area contributed by atoms with Crippen LogP contribution in [0.3, 0.4) is 0 Å². The van der Waals surface area contributed by atoms with Crippen molar-refractivity contribution in [2.45, 2.75) is 25.9 Å². The molecule has 19 heavy (non-hydrogen) atoms. The third kappa shape index (κ3) is 3.16. The standard InChI is InChI=1S/C14H23N3O2/c1-10-8-17(7-5-11(10)15)9-12-14(19-3)13(18-2)4-6-16-12/h4,6,10-11H,5,7-9,15H2,1-3H3. The van der Waals surface area contributed by atoms with Crippen molar-refractivity contribution in [3.05, 3.63) is 18.0 Å². The molecule has 1 aliphatic heterocycles. The second-order valence-corrected chi connectivity index (χ2v) is 5.16. The fourth-order valence-corrected chi connectivity index (χ4v) is 2.57. The molecule has 0 aliphatic carbocycles. The van der Waals surface area contributed by atoms with E-state index in [-0.39, 0.29) is 0 Å². The number of likely N-dealkylation sites (tertiary alicyclic amines) is 1. The average Bonchev–Trinajstić information content (AvgIpc) is 2.42. The van der Waals surface area contributed by atoms with Crippen molar-refractivity contribution in [1.82, 2.24) is 9.88 Å². The molecule has 5 heteroatoms. The quantitative estimate of drug-likeness (QED) is 0.888. The van der Waals surface area contributed by atoms with E-state index in [9.17, 15) is 0 Å². The van der Waals surface area contributed by atoms with Crippen molar-refractivity contribution in [2.24, 2.45) is 11.7 Å². The van der Waals surface area contributed by atoms with Gasteiger partial charge in [-0.1, -0.05) is 6.92 Å². The van der Waals surface area contributed by atoms with E-state index in [4.69, 9.17) is 15.2 Å². The van der Waals surface area contributed by atoms with Gasteiger partial charge < -0.3 is 15.2 Å². The lowest BCUT2D eigenvalue weighted by Crippen LogP contribution is -2.45. The Morgan fingerprint density at radius 1 is 1.42 bits per heavy atom. The summed E-state index contributed by atoms with van der Waals surface area (Å²) in [6.07, 6.45) is 2.79. The van der Waals surface area contributed by atoms with Crippen molar-refractivity contribution in [2.75, 3.05) is 27.3 Å². The van der Waals surface area contributed by atoms with Gasteiger partial charge in [-0.05, 0) is 12.3 Å². The van der Waals surface area contributed by atoms with Gasteiger partial charge in [0.05, 0.1) is 14.2 Å². The summed E-state index contributed by atoms with van der Waals surface area (Å²) in [4.78, 5) is 6.79. The first-order valence-electron chi connectivity index (χ1n) is 6.69. The van der Waals surface area contributed by atoms with Crippen LogP contribution in [0.15, 0.2) is 12.3 Å². The molecule has 5 nitrogen and oxygen atoms in total. The SMILES string of the molecule is COc1ccnc(CN2CCC(N)C(C)C2)c1OC. The highest BCUT2D eigenvalue weighted by molar-refractivity contribution is 5.42. The van der Waals surface area contributed by atoms with Crippen LogP contribution in [0.4, 0.5) is 0 Å². The Kier molecular flexibility index (Phi) is 4.61. The Bertz CT molecular complexity index is 425. The summed E-state index contributed by atoms with van der Waals surface area (Å²) >= 11 is 0. The summed E-state index contributed by atoms with van der Waals surface area (Å²) in [6.45, 7) is 4.99. The molecular formula is C14H23N3O2. The van der Waals surface area contributed by atoms with Gasteiger partial charge >= 0.3 is 0 Å². The fourth-order valence-electron chi connectivity index (χ4n) is 2.57. The lowest BCUT2D eigenvalue weighted by molar-refractivity contribution is 0.154. The smallest absolute Gasteiger partial charge is 0.183 e. The molecule has 1 aromatic rings. The van der Waals surface area contributed by atoms with Gasteiger partial charge in [0.25, 0.3) is 0 Å². The summed E-state index contributed by atoms with van der Waals surface area (Å²) in [5.41, 5.74) is 6.97. The highest BCUT2D eigenvalue weighted by Crippen LogP contribution is 2.30. The van der Waals surface area contributed by atoms with Crippen LogP contribution in [0.25, 0.3) is 0 Å². The number of rotatable bonds is 4. The molecule has 2 atom stereocenters. The molecule has 1 aromatic heterocycles. The van der Waals surface area contributed by atoms with Gasteiger partial charge in [0.15, 0.2) is 11.5 Å². The van der Waals surface area contributed by atoms with E-state index in [1.54, 1.807) is 20.4 Å². The summed E-state index contributed by atoms with van der Waals surface area (Å²) < 4.78 is 10.7. The Hall–Kier alpha value is -1.33. The molecule has 1 fully saturated rings. The topological polar surface area (TPSA) is 60.6 Å². The number of methoxy groups -OCH3 is 2. The number of nitrogens with two attached hydrogens (primary N) is 1. The van der Waals surface area contributed by atoms with E-state index in [0.29, 0.717) is 12.0 Å². The van der Waals surface area contributed by atoms with Gasteiger partial charge in [-0.15, -0.1) is 0 Å². The molecular weight excluding hydrogens is 242 g/mol. The van der Waals surface area contributed by atoms with Crippen molar-refractivity contribution in [3.63, 3.8) is 0 Å². The van der Waals surface area contributed by atoms with E-state index >= 15 is 0 Å². The molecule has 0 radical (unpaired) electrons. The van der Waals surface area contributed by atoms with Gasteiger partial charge in [0, 0.05) is 37.9 Å². The molecule has 2 heterocycles. The number of nitrogens with zero attached hydrogens (tertiary/aromatic N) is 2. The maximum atomic E-state index is 6.05. The molecule has 0 bridgehead atoms. The van der Waals surface area contributed by atoms with E-state index in [0.717, 1.165) is 43.2 Å². The van der Waals surface area contributed by atoms with Crippen LogP contribution in [0, 0.1) is 5.92 Å². The van der Waals surface area contributed by atoms with Crippen molar-refractivity contribution in [3.8, 4) is 11.5 Å².